The fourth-order valence-corrected chi connectivity index (χ4v) is 10.8. The third-order valence-corrected chi connectivity index (χ3v) is 13.5. The summed E-state index contributed by atoms with van der Waals surface area (Å²) in [7, 11) is -3.89. The molecule has 1 N–H and O–H groups in total. The number of hydrogen-bond acceptors (Lipinski definition) is 5. The second-order valence-corrected chi connectivity index (χ2v) is 15.8. The molecule has 0 unspecified atom stereocenters. The van der Waals surface area contributed by atoms with Crippen LogP contribution in [-0.2, 0) is 25.6 Å². The molecule has 6 rings (SSSR count). The molecule has 5 nitrogen and oxygen atoms in total. The van der Waals surface area contributed by atoms with Crippen LogP contribution >= 0.6 is 0 Å². The van der Waals surface area contributed by atoms with Gasteiger partial charge in [0.25, 0.3) is 10.1 Å². The maximum Gasteiger partial charge on any atom is 0.297 e. The molecule has 4 saturated carbocycles. The minimum atomic E-state index is -3.89. The largest absolute Gasteiger partial charge is 0.390 e. The summed E-state index contributed by atoms with van der Waals surface area (Å²) >= 11 is 0. The highest BCUT2D eigenvalue weighted by molar-refractivity contribution is 7.86. The second-order valence-electron chi connectivity index (χ2n) is 14.2. The first-order chi connectivity index (χ1) is 19.6. The van der Waals surface area contributed by atoms with Crippen molar-refractivity contribution in [2.75, 3.05) is 6.61 Å². The molecule has 4 fully saturated rings. The lowest BCUT2D eigenvalue weighted by molar-refractivity contribution is -0.142. The topological polar surface area (TPSA) is 72.8 Å². The van der Waals surface area contributed by atoms with Gasteiger partial charge in [-0.3, -0.25) is 4.18 Å². The number of fused-ring (bicyclic) bond motifs is 5. The Bertz CT molecular complexity index is 1290. The summed E-state index contributed by atoms with van der Waals surface area (Å²) in [4.78, 5) is 0.150. The maximum absolute atomic E-state index is 12.8. The van der Waals surface area contributed by atoms with Gasteiger partial charge in [0, 0.05) is 0 Å². The van der Waals surface area contributed by atoms with E-state index < -0.39 is 16.2 Å². The van der Waals surface area contributed by atoms with Crippen LogP contribution in [0.15, 0.2) is 59.5 Å². The third-order valence-electron chi connectivity index (χ3n) is 12.2. The molecule has 2 aromatic carbocycles. The normalized spacial score (nSPS) is 37.6. The minimum absolute atomic E-state index is 0.0385. The Hall–Kier alpha value is -1.73. The minimum Gasteiger partial charge on any atom is -0.390 e. The molecule has 0 heterocycles. The van der Waals surface area contributed by atoms with Crippen LogP contribution in [0.25, 0.3) is 0 Å². The second kappa shape index (κ2) is 11.4. The van der Waals surface area contributed by atoms with Gasteiger partial charge in [-0.1, -0.05) is 61.9 Å². The van der Waals surface area contributed by atoms with Gasteiger partial charge in [0.15, 0.2) is 0 Å². The summed E-state index contributed by atoms with van der Waals surface area (Å²) in [5.74, 6) is 2.84. The van der Waals surface area contributed by atoms with Crippen LogP contribution in [-0.4, -0.2) is 32.3 Å². The van der Waals surface area contributed by atoms with Crippen molar-refractivity contribution in [2.45, 2.75) is 102 Å². The Morgan fingerprint density at radius 1 is 0.878 bits per heavy atom. The lowest BCUT2D eigenvalue weighted by atomic mass is 9.44. The van der Waals surface area contributed by atoms with Crippen molar-refractivity contribution in [1.82, 2.24) is 0 Å². The van der Waals surface area contributed by atoms with Crippen LogP contribution in [0.5, 0.6) is 0 Å². The molecule has 0 spiro atoms. The maximum atomic E-state index is 12.8. The van der Waals surface area contributed by atoms with Crippen LogP contribution < -0.4 is 0 Å². The molecule has 2 aromatic rings. The van der Waals surface area contributed by atoms with Gasteiger partial charge in [-0.25, -0.2) is 0 Å². The van der Waals surface area contributed by atoms with Crippen molar-refractivity contribution in [1.29, 1.82) is 0 Å². The molecular weight excluding hydrogens is 532 g/mol. The molecule has 0 aromatic heterocycles. The monoisotopic (exact) mass is 580 g/mol. The van der Waals surface area contributed by atoms with Crippen LogP contribution in [0.4, 0.5) is 0 Å². The van der Waals surface area contributed by atoms with Crippen molar-refractivity contribution < 1.29 is 22.4 Å². The highest BCUT2D eigenvalue weighted by Gasteiger charge is 2.61. The van der Waals surface area contributed by atoms with E-state index >= 15 is 0 Å². The van der Waals surface area contributed by atoms with E-state index in [0.29, 0.717) is 30.0 Å². The van der Waals surface area contributed by atoms with E-state index in [1.807, 2.05) is 6.92 Å². The third kappa shape index (κ3) is 5.55. The Kier molecular flexibility index (Phi) is 8.16. The van der Waals surface area contributed by atoms with Gasteiger partial charge in [-0.2, -0.15) is 8.42 Å². The van der Waals surface area contributed by atoms with Crippen LogP contribution in [0.3, 0.4) is 0 Å². The quantitative estimate of drug-likeness (QED) is 0.332. The molecule has 9 atom stereocenters. The Morgan fingerprint density at radius 3 is 2.34 bits per heavy atom. The van der Waals surface area contributed by atoms with E-state index in [4.69, 9.17) is 8.92 Å². The van der Waals surface area contributed by atoms with Crippen LogP contribution in [0.2, 0.25) is 0 Å². The predicted octanol–water partition coefficient (Wildman–Crippen LogP) is 7.31. The SMILES string of the molecule is Cc1ccc(S(=O)(=O)OC[C@@H](O)[C@H]2CC[C@H]3[C@@H]4CC[C@H]5C[C@@H](OCc6ccccc6)CC[C@]5(C)[C@H]4CC[C@]23C)cc1. The molecule has 0 amide bonds. The molecule has 0 bridgehead atoms. The molecular formula is C35H48O5S. The number of rotatable bonds is 8. The first-order valence-corrected chi connectivity index (χ1v) is 17.3. The molecule has 6 heteroatoms. The fraction of sp³-hybridized carbons (Fsp3) is 0.657. The molecule has 4 aliphatic rings. The summed E-state index contributed by atoms with van der Waals surface area (Å²) in [6.45, 7) is 7.43. The number of hydrogen-bond donors (Lipinski definition) is 1. The van der Waals surface area contributed by atoms with Gasteiger partial charge in [0.2, 0.25) is 0 Å². The summed E-state index contributed by atoms with van der Waals surface area (Å²) < 4.78 is 37.4. The van der Waals surface area contributed by atoms with Gasteiger partial charge < -0.3 is 9.84 Å². The first-order valence-electron chi connectivity index (χ1n) is 15.9. The number of aliphatic hydroxyl groups excluding tert-OH is 1. The average molecular weight is 581 g/mol. The van der Waals surface area contributed by atoms with Gasteiger partial charge in [0.05, 0.1) is 30.3 Å². The lowest BCUT2D eigenvalue weighted by Crippen LogP contribution is -2.54. The summed E-state index contributed by atoms with van der Waals surface area (Å²) in [6, 6.07) is 17.2. The van der Waals surface area contributed by atoms with E-state index in [1.54, 1.807) is 24.3 Å². The zero-order valence-corrected chi connectivity index (χ0v) is 25.8. The molecule has 41 heavy (non-hydrogen) atoms. The van der Waals surface area contributed by atoms with E-state index in [9.17, 15) is 13.5 Å². The van der Waals surface area contributed by atoms with Crippen molar-refractivity contribution in [3.63, 3.8) is 0 Å². The highest BCUT2D eigenvalue weighted by Crippen LogP contribution is 2.68. The summed E-state index contributed by atoms with van der Waals surface area (Å²) in [6.07, 6.45) is 10.1. The standard InChI is InChI=1S/C35H48O5S/c1-24-9-12-28(13-10-24)41(37,38)40-23-33(36)32-16-15-30-29-14-11-26-21-27(39-22-25-7-5-4-6-8-25)17-19-34(26,2)31(29)18-20-35(30,32)3/h4-10,12-13,26-27,29-33,36H,11,14-23H2,1-3H3/t26-,27-,29-,30-,31-,32+,33+,34-,35-/m0/s1. The van der Waals surface area contributed by atoms with Crippen LogP contribution in [0.1, 0.15) is 82.8 Å². The highest BCUT2D eigenvalue weighted by atomic mass is 32.2. The van der Waals surface area contributed by atoms with Gasteiger partial charge >= 0.3 is 0 Å². The Balaban J connectivity index is 1.08. The number of aryl methyl sites for hydroxylation is 1. The smallest absolute Gasteiger partial charge is 0.297 e. The number of aliphatic hydroxyl groups is 1. The molecule has 4 aliphatic carbocycles. The predicted molar refractivity (Wildman–Crippen MR) is 161 cm³/mol. The van der Waals surface area contributed by atoms with Crippen molar-refractivity contribution in [3.05, 3.63) is 65.7 Å². The van der Waals surface area contributed by atoms with Gasteiger partial charge in [-0.05, 0) is 123 Å². The summed E-state index contributed by atoms with van der Waals surface area (Å²) in [5, 5.41) is 11.3. The molecule has 0 aliphatic heterocycles. The van der Waals surface area contributed by atoms with E-state index in [-0.39, 0.29) is 22.8 Å². The van der Waals surface area contributed by atoms with Crippen LogP contribution in [0, 0.1) is 47.3 Å². The van der Waals surface area contributed by atoms with Crippen molar-refractivity contribution in [2.24, 2.45) is 40.4 Å². The molecule has 0 saturated heterocycles. The first kappa shape index (κ1) is 29.3. The van der Waals surface area contributed by atoms with E-state index in [2.05, 4.69) is 44.2 Å². The Labute approximate surface area is 247 Å². The molecule has 0 radical (unpaired) electrons. The molecule has 224 valence electrons. The Morgan fingerprint density at radius 2 is 1.59 bits per heavy atom. The zero-order valence-electron chi connectivity index (χ0n) is 25.0. The lowest BCUT2D eigenvalue weighted by Gasteiger charge is -2.61. The number of ether oxygens (including phenoxy) is 1. The van der Waals surface area contributed by atoms with Gasteiger partial charge in [0.1, 0.15) is 0 Å². The zero-order chi connectivity index (χ0) is 28.8. The average Bonchev–Trinajstić information content (AvgIpc) is 3.33. The van der Waals surface area contributed by atoms with Crippen molar-refractivity contribution >= 4 is 10.1 Å². The van der Waals surface area contributed by atoms with Gasteiger partial charge in [-0.15, -0.1) is 0 Å². The summed E-state index contributed by atoms with van der Waals surface area (Å²) in [5.41, 5.74) is 2.67. The van der Waals surface area contributed by atoms with E-state index in [0.717, 1.165) is 43.1 Å². The van der Waals surface area contributed by atoms with E-state index in [1.165, 1.54) is 37.7 Å². The number of benzene rings is 2. The fourth-order valence-electron chi connectivity index (χ4n) is 9.88. The van der Waals surface area contributed by atoms with Crippen molar-refractivity contribution in [3.8, 4) is 0 Å².